The highest BCUT2D eigenvalue weighted by Crippen LogP contribution is 2.14. The van der Waals surface area contributed by atoms with Crippen LogP contribution in [0.25, 0.3) is 0 Å². The largest absolute Gasteiger partial charge is 0.368 e. The number of aromatic nitrogens is 1. The fourth-order valence-electron chi connectivity index (χ4n) is 0.995. The summed E-state index contributed by atoms with van der Waals surface area (Å²) in [6.07, 6.45) is 1.37. The molecular formula is C8H13N3OS. The van der Waals surface area contributed by atoms with Gasteiger partial charge in [0.2, 0.25) is 5.91 Å². The van der Waals surface area contributed by atoms with Gasteiger partial charge < -0.3 is 11.5 Å². The maximum atomic E-state index is 10.6. The van der Waals surface area contributed by atoms with Crippen molar-refractivity contribution in [1.82, 2.24) is 4.98 Å². The number of carbonyl (C=O) groups is 1. The van der Waals surface area contributed by atoms with E-state index in [1.807, 2.05) is 6.92 Å². The number of nitrogens with zero attached hydrogens (tertiary/aromatic N) is 1. The molecule has 0 aliphatic carbocycles. The monoisotopic (exact) mass is 199 g/mol. The number of rotatable bonds is 4. The standard InChI is InChI=1S/C8H13N3OS/c1-5-7(13-4-11-5)3-2-6(9)8(10)12/h4,6H,2-3,9H2,1H3,(H2,10,12). The molecule has 1 heterocycles. The Kier molecular flexibility index (Phi) is 3.39. The van der Waals surface area contributed by atoms with Gasteiger partial charge in [-0.05, 0) is 19.8 Å². The highest BCUT2D eigenvalue weighted by atomic mass is 32.1. The van der Waals surface area contributed by atoms with Crippen LogP contribution in [0.15, 0.2) is 5.51 Å². The van der Waals surface area contributed by atoms with E-state index < -0.39 is 11.9 Å². The normalized spacial score (nSPS) is 12.8. The molecule has 0 saturated heterocycles. The molecule has 1 amide bonds. The lowest BCUT2D eigenvalue weighted by molar-refractivity contribution is -0.119. The predicted octanol–water partition coefficient (Wildman–Crippen LogP) is 0.197. The number of amides is 1. The Bertz CT molecular complexity index is 297. The van der Waals surface area contributed by atoms with E-state index >= 15 is 0 Å². The molecule has 72 valence electrons. The lowest BCUT2D eigenvalue weighted by Crippen LogP contribution is -2.36. The van der Waals surface area contributed by atoms with Crippen LogP contribution in [0, 0.1) is 6.92 Å². The summed E-state index contributed by atoms with van der Waals surface area (Å²) in [5.41, 5.74) is 13.3. The zero-order chi connectivity index (χ0) is 9.84. The number of hydrogen-bond donors (Lipinski definition) is 2. The highest BCUT2D eigenvalue weighted by molar-refractivity contribution is 7.09. The third-order valence-electron chi connectivity index (χ3n) is 1.89. The molecule has 4 nitrogen and oxygen atoms in total. The van der Waals surface area contributed by atoms with Crippen LogP contribution in [-0.4, -0.2) is 16.9 Å². The molecule has 13 heavy (non-hydrogen) atoms. The zero-order valence-electron chi connectivity index (χ0n) is 7.49. The van der Waals surface area contributed by atoms with Gasteiger partial charge in [0, 0.05) is 4.88 Å². The van der Waals surface area contributed by atoms with Crippen LogP contribution in [0.1, 0.15) is 17.0 Å². The van der Waals surface area contributed by atoms with Crippen molar-refractivity contribution in [1.29, 1.82) is 0 Å². The lowest BCUT2D eigenvalue weighted by Gasteiger charge is -2.05. The second-order valence-electron chi connectivity index (χ2n) is 2.91. The van der Waals surface area contributed by atoms with Gasteiger partial charge in [-0.3, -0.25) is 4.79 Å². The minimum Gasteiger partial charge on any atom is -0.368 e. The summed E-state index contributed by atoms with van der Waals surface area (Å²) in [4.78, 5) is 15.9. The van der Waals surface area contributed by atoms with Crippen molar-refractivity contribution in [2.45, 2.75) is 25.8 Å². The van der Waals surface area contributed by atoms with E-state index in [0.29, 0.717) is 6.42 Å². The third kappa shape index (κ3) is 2.78. The number of hydrogen-bond acceptors (Lipinski definition) is 4. The van der Waals surface area contributed by atoms with Crippen molar-refractivity contribution in [3.05, 3.63) is 16.1 Å². The quantitative estimate of drug-likeness (QED) is 0.726. The Labute approximate surface area is 81.0 Å². The molecule has 1 rings (SSSR count). The number of nitrogens with two attached hydrogens (primary N) is 2. The maximum absolute atomic E-state index is 10.6. The zero-order valence-corrected chi connectivity index (χ0v) is 8.30. The van der Waals surface area contributed by atoms with Crippen molar-refractivity contribution in [2.24, 2.45) is 11.5 Å². The van der Waals surface area contributed by atoms with Crippen LogP contribution in [0.3, 0.4) is 0 Å². The first kappa shape index (κ1) is 10.1. The molecule has 0 spiro atoms. The van der Waals surface area contributed by atoms with Crippen molar-refractivity contribution >= 4 is 17.2 Å². The van der Waals surface area contributed by atoms with Gasteiger partial charge in [0.25, 0.3) is 0 Å². The van der Waals surface area contributed by atoms with Gasteiger partial charge in [-0.2, -0.15) is 0 Å². The molecule has 0 aromatic carbocycles. The fraction of sp³-hybridized carbons (Fsp3) is 0.500. The highest BCUT2D eigenvalue weighted by Gasteiger charge is 2.10. The Morgan fingerprint density at radius 1 is 1.77 bits per heavy atom. The lowest BCUT2D eigenvalue weighted by atomic mass is 10.1. The van der Waals surface area contributed by atoms with E-state index in [2.05, 4.69) is 4.98 Å². The van der Waals surface area contributed by atoms with Gasteiger partial charge in [-0.1, -0.05) is 0 Å². The van der Waals surface area contributed by atoms with Gasteiger partial charge >= 0.3 is 0 Å². The van der Waals surface area contributed by atoms with Gasteiger partial charge in [-0.15, -0.1) is 11.3 Å². The number of thiazole rings is 1. The minimum absolute atomic E-state index is 0.442. The molecule has 1 atom stereocenters. The van der Waals surface area contributed by atoms with E-state index in [1.165, 1.54) is 4.88 Å². The van der Waals surface area contributed by atoms with E-state index in [4.69, 9.17) is 11.5 Å². The summed E-state index contributed by atoms with van der Waals surface area (Å²) in [7, 11) is 0. The van der Waals surface area contributed by atoms with Crippen molar-refractivity contribution in [3.63, 3.8) is 0 Å². The van der Waals surface area contributed by atoms with Crippen molar-refractivity contribution in [2.75, 3.05) is 0 Å². The predicted molar refractivity (Wildman–Crippen MR) is 52.3 cm³/mol. The first-order chi connectivity index (χ1) is 6.11. The molecular weight excluding hydrogens is 186 g/mol. The van der Waals surface area contributed by atoms with Crippen LogP contribution in [-0.2, 0) is 11.2 Å². The van der Waals surface area contributed by atoms with E-state index in [0.717, 1.165) is 12.1 Å². The molecule has 0 saturated carbocycles. The fourth-order valence-corrected chi connectivity index (χ4v) is 1.79. The molecule has 0 fully saturated rings. The Balaban J connectivity index is 2.44. The van der Waals surface area contributed by atoms with E-state index in [9.17, 15) is 4.79 Å². The summed E-state index contributed by atoms with van der Waals surface area (Å²) in [6, 6.07) is -0.540. The molecule has 0 radical (unpaired) electrons. The second kappa shape index (κ2) is 4.34. The van der Waals surface area contributed by atoms with Crippen LogP contribution in [0.2, 0.25) is 0 Å². The van der Waals surface area contributed by atoms with Gasteiger partial charge in [0.05, 0.1) is 17.2 Å². The molecule has 5 heteroatoms. The number of aryl methyl sites for hydroxylation is 2. The van der Waals surface area contributed by atoms with Gasteiger partial charge in [-0.25, -0.2) is 4.98 Å². The van der Waals surface area contributed by atoms with Crippen LogP contribution >= 0.6 is 11.3 Å². The second-order valence-corrected chi connectivity index (χ2v) is 3.85. The molecule has 0 bridgehead atoms. The van der Waals surface area contributed by atoms with Crippen LogP contribution in [0.5, 0.6) is 0 Å². The summed E-state index contributed by atoms with van der Waals surface area (Å²) in [6.45, 7) is 1.95. The first-order valence-electron chi connectivity index (χ1n) is 4.05. The average Bonchev–Trinajstić information content (AvgIpc) is 2.47. The molecule has 0 aliphatic heterocycles. The average molecular weight is 199 g/mol. The smallest absolute Gasteiger partial charge is 0.234 e. The van der Waals surface area contributed by atoms with E-state index in [-0.39, 0.29) is 0 Å². The molecule has 1 aromatic rings. The number of carbonyl (C=O) groups excluding carboxylic acids is 1. The van der Waals surface area contributed by atoms with Gasteiger partial charge in [0.15, 0.2) is 0 Å². The summed E-state index contributed by atoms with van der Waals surface area (Å²) in [5.74, 6) is -0.442. The Hall–Kier alpha value is -0.940. The summed E-state index contributed by atoms with van der Waals surface area (Å²) in [5, 5.41) is 0. The Morgan fingerprint density at radius 3 is 2.92 bits per heavy atom. The molecule has 0 aliphatic rings. The Morgan fingerprint density at radius 2 is 2.46 bits per heavy atom. The van der Waals surface area contributed by atoms with Crippen LogP contribution in [0.4, 0.5) is 0 Å². The summed E-state index contributed by atoms with van der Waals surface area (Å²) < 4.78 is 0. The molecule has 1 aromatic heterocycles. The molecule has 1 unspecified atom stereocenters. The van der Waals surface area contributed by atoms with Crippen molar-refractivity contribution in [3.8, 4) is 0 Å². The minimum atomic E-state index is -0.540. The van der Waals surface area contributed by atoms with Crippen molar-refractivity contribution < 1.29 is 4.79 Å². The maximum Gasteiger partial charge on any atom is 0.234 e. The summed E-state index contributed by atoms with van der Waals surface area (Å²) >= 11 is 1.58. The SMILES string of the molecule is Cc1ncsc1CCC(N)C(N)=O. The van der Waals surface area contributed by atoms with E-state index in [1.54, 1.807) is 16.8 Å². The number of primary amides is 1. The topological polar surface area (TPSA) is 82.0 Å². The van der Waals surface area contributed by atoms with Gasteiger partial charge in [0.1, 0.15) is 0 Å². The third-order valence-corrected chi connectivity index (χ3v) is 2.89. The first-order valence-corrected chi connectivity index (χ1v) is 4.93. The van der Waals surface area contributed by atoms with Crippen LogP contribution < -0.4 is 11.5 Å². The molecule has 4 N–H and O–H groups in total.